The van der Waals surface area contributed by atoms with Crippen molar-refractivity contribution in [2.24, 2.45) is 0 Å². The number of hydrogen-bond donors (Lipinski definition) is 0. The summed E-state index contributed by atoms with van der Waals surface area (Å²) in [5.41, 5.74) is 5.31. The van der Waals surface area contributed by atoms with Crippen molar-refractivity contribution in [3.63, 3.8) is 0 Å². The molecule has 2 amide bonds. The first-order valence-electron chi connectivity index (χ1n) is 12.4. The number of hydrogen-bond acceptors (Lipinski definition) is 4. The Labute approximate surface area is 241 Å². The normalized spacial score (nSPS) is 13.6. The zero-order valence-electron chi connectivity index (χ0n) is 21.4. The third-order valence-electron chi connectivity index (χ3n) is 6.22. The number of para-hydroxylation sites is 2. The lowest BCUT2D eigenvalue weighted by Gasteiger charge is -2.36. The molecule has 5 rings (SSSR count). The Balaban J connectivity index is 1.47. The molecule has 0 bridgehead atoms. The molecule has 0 saturated carbocycles. The molecular weight excluding hydrogens is 572 g/mol. The molecule has 0 aromatic heterocycles. The van der Waals surface area contributed by atoms with Crippen LogP contribution in [0.5, 0.6) is 5.75 Å². The maximum atomic E-state index is 13.7. The van der Waals surface area contributed by atoms with E-state index in [1.807, 2.05) is 54.6 Å². The smallest absolute Gasteiger partial charge is 0.270 e. The monoisotopic (exact) mass is 596 g/mol. The van der Waals surface area contributed by atoms with Crippen molar-refractivity contribution >= 4 is 62.5 Å². The Morgan fingerprint density at radius 2 is 1.31 bits per heavy atom. The highest BCUT2D eigenvalue weighted by atomic mass is 79.9. The molecule has 0 radical (unpaired) electrons. The minimum atomic E-state index is -0.477. The summed E-state index contributed by atoms with van der Waals surface area (Å²) in [7, 11) is 0. The van der Waals surface area contributed by atoms with Gasteiger partial charge in [0.25, 0.3) is 11.8 Å². The van der Waals surface area contributed by atoms with Gasteiger partial charge in [-0.15, -0.1) is 0 Å². The van der Waals surface area contributed by atoms with E-state index in [9.17, 15) is 9.59 Å². The van der Waals surface area contributed by atoms with E-state index in [2.05, 4.69) is 48.0 Å². The average molecular weight is 598 g/mol. The molecule has 4 aromatic carbocycles. The molecule has 0 spiro atoms. The van der Waals surface area contributed by atoms with Crippen molar-refractivity contribution < 1.29 is 14.3 Å². The molecule has 1 fully saturated rings. The molecular formula is C32H25BrN2O3S. The molecule has 5 nitrogen and oxygen atoms in total. The van der Waals surface area contributed by atoms with E-state index >= 15 is 0 Å². The second-order valence-corrected chi connectivity index (χ2v) is 10.5. The molecule has 194 valence electrons. The van der Waals surface area contributed by atoms with Crippen molar-refractivity contribution in [1.82, 2.24) is 0 Å². The minimum absolute atomic E-state index is 0.00658. The third kappa shape index (κ3) is 5.70. The van der Waals surface area contributed by atoms with E-state index in [4.69, 9.17) is 17.0 Å². The lowest BCUT2D eigenvalue weighted by atomic mass is 10.0. The van der Waals surface area contributed by atoms with Gasteiger partial charge in [-0.05, 0) is 95.6 Å². The zero-order chi connectivity index (χ0) is 27.5. The summed E-state index contributed by atoms with van der Waals surface area (Å²) >= 11 is 9.25. The molecule has 0 N–H and O–H groups in total. The third-order valence-corrected chi connectivity index (χ3v) is 7.21. The summed E-state index contributed by atoms with van der Waals surface area (Å²) in [6.07, 6.45) is 1.59. The van der Waals surface area contributed by atoms with Gasteiger partial charge in [0.1, 0.15) is 17.9 Å². The van der Waals surface area contributed by atoms with Gasteiger partial charge in [-0.3, -0.25) is 19.4 Å². The maximum absolute atomic E-state index is 13.7. The Hall–Kier alpha value is -4.07. The van der Waals surface area contributed by atoms with Gasteiger partial charge >= 0.3 is 0 Å². The first-order valence-corrected chi connectivity index (χ1v) is 13.6. The molecule has 7 heteroatoms. The van der Waals surface area contributed by atoms with E-state index < -0.39 is 11.8 Å². The average Bonchev–Trinajstić information content (AvgIpc) is 2.91. The van der Waals surface area contributed by atoms with E-state index in [1.165, 1.54) is 20.9 Å². The largest absolute Gasteiger partial charge is 0.488 e. The number of thiocarbonyl (C=S) groups is 1. The predicted octanol–water partition coefficient (Wildman–Crippen LogP) is 7.39. The van der Waals surface area contributed by atoms with E-state index in [1.54, 1.807) is 30.3 Å². The summed E-state index contributed by atoms with van der Waals surface area (Å²) in [5, 5.41) is 0.107. The van der Waals surface area contributed by atoms with E-state index in [0.29, 0.717) is 33.8 Å². The van der Waals surface area contributed by atoms with Crippen molar-refractivity contribution in [1.29, 1.82) is 0 Å². The fourth-order valence-electron chi connectivity index (χ4n) is 4.54. The summed E-state index contributed by atoms with van der Waals surface area (Å²) in [6.45, 7) is 4.55. The molecule has 4 aromatic rings. The number of nitrogens with zero attached hydrogens (tertiary/aromatic N) is 2. The molecule has 39 heavy (non-hydrogen) atoms. The molecule has 0 aliphatic carbocycles. The Morgan fingerprint density at radius 1 is 0.769 bits per heavy atom. The topological polar surface area (TPSA) is 49.9 Å². The Morgan fingerprint density at radius 3 is 1.82 bits per heavy atom. The zero-order valence-corrected chi connectivity index (χ0v) is 23.8. The lowest BCUT2D eigenvalue weighted by molar-refractivity contribution is -0.120. The van der Waals surface area contributed by atoms with Crippen molar-refractivity contribution in [2.75, 3.05) is 9.80 Å². The standard InChI is InChI=1S/C32H25BrN2O3S/c1-21-15-22(2)17-24(16-21)20-38-29-14-13-23(19-28(29)33)18-27-30(36)34(25-9-5-3-6-10-25)32(39)35(31(27)37)26-11-7-4-8-12-26/h3-19H,20H2,1-2H3. The van der Waals surface area contributed by atoms with Crippen LogP contribution in [0.15, 0.2) is 107 Å². The minimum Gasteiger partial charge on any atom is -0.488 e. The second kappa shape index (κ2) is 11.4. The van der Waals surface area contributed by atoms with Crippen molar-refractivity contribution in [3.8, 4) is 5.75 Å². The highest BCUT2D eigenvalue weighted by molar-refractivity contribution is 9.10. The van der Waals surface area contributed by atoms with Crippen LogP contribution >= 0.6 is 28.1 Å². The fraction of sp³-hybridized carbons (Fsp3) is 0.0938. The molecule has 1 heterocycles. The van der Waals surface area contributed by atoms with Crippen molar-refractivity contribution in [3.05, 3.63) is 129 Å². The first-order chi connectivity index (χ1) is 18.8. The summed E-state index contributed by atoms with van der Waals surface area (Å²) in [6, 6.07) is 30.0. The molecule has 1 aliphatic rings. The van der Waals surface area contributed by atoms with Gasteiger partial charge in [0.2, 0.25) is 0 Å². The molecule has 0 atom stereocenters. The summed E-state index contributed by atoms with van der Waals surface area (Å²) < 4.78 is 6.76. The van der Waals surface area contributed by atoms with Crippen LogP contribution in [0.2, 0.25) is 0 Å². The number of anilines is 2. The van der Waals surface area contributed by atoms with Gasteiger partial charge in [-0.2, -0.15) is 0 Å². The highest BCUT2D eigenvalue weighted by Gasteiger charge is 2.41. The number of ether oxygens (including phenoxy) is 1. The van der Waals surface area contributed by atoms with Crippen LogP contribution in [-0.2, 0) is 16.2 Å². The van der Waals surface area contributed by atoms with Crippen molar-refractivity contribution in [2.45, 2.75) is 20.5 Å². The number of aryl methyl sites for hydroxylation is 2. The van der Waals surface area contributed by atoms with Gasteiger partial charge in [0.05, 0.1) is 15.8 Å². The summed E-state index contributed by atoms with van der Waals surface area (Å²) in [4.78, 5) is 30.2. The second-order valence-electron chi connectivity index (χ2n) is 9.27. The van der Waals surface area contributed by atoms with Crippen LogP contribution in [0.3, 0.4) is 0 Å². The van der Waals surface area contributed by atoms with Gasteiger partial charge in [0, 0.05) is 0 Å². The number of halogens is 1. The van der Waals surface area contributed by atoms with Crippen LogP contribution in [0.1, 0.15) is 22.3 Å². The van der Waals surface area contributed by atoms with Gasteiger partial charge in [0.15, 0.2) is 5.11 Å². The number of carbonyl (C=O) groups is 2. The quantitative estimate of drug-likeness (QED) is 0.132. The first kappa shape index (κ1) is 26.5. The Bertz CT molecular complexity index is 1520. The van der Waals surface area contributed by atoms with Crippen LogP contribution < -0.4 is 14.5 Å². The van der Waals surface area contributed by atoms with Crippen LogP contribution in [0, 0.1) is 13.8 Å². The van der Waals surface area contributed by atoms with Gasteiger partial charge in [-0.25, -0.2) is 0 Å². The highest BCUT2D eigenvalue weighted by Crippen LogP contribution is 2.32. The predicted molar refractivity (Wildman–Crippen MR) is 163 cm³/mol. The van der Waals surface area contributed by atoms with E-state index in [-0.39, 0.29) is 10.7 Å². The summed E-state index contributed by atoms with van der Waals surface area (Å²) in [5.74, 6) is -0.292. The molecule has 1 aliphatic heterocycles. The van der Waals surface area contributed by atoms with Gasteiger partial charge < -0.3 is 4.74 Å². The molecule has 1 saturated heterocycles. The maximum Gasteiger partial charge on any atom is 0.270 e. The molecule has 0 unspecified atom stereocenters. The van der Waals surface area contributed by atoms with Gasteiger partial charge in [-0.1, -0.05) is 71.8 Å². The lowest BCUT2D eigenvalue weighted by Crippen LogP contribution is -2.56. The van der Waals surface area contributed by atoms with Crippen LogP contribution in [0.25, 0.3) is 6.08 Å². The van der Waals surface area contributed by atoms with E-state index in [0.717, 1.165) is 5.56 Å². The number of benzene rings is 4. The SMILES string of the molecule is Cc1cc(C)cc(COc2ccc(C=C3C(=O)N(c4ccccc4)C(=S)N(c4ccccc4)C3=O)cc2Br)c1. The number of carbonyl (C=O) groups excluding carboxylic acids is 2. The number of rotatable bonds is 6. The van der Waals surface area contributed by atoms with Crippen LogP contribution in [-0.4, -0.2) is 16.9 Å². The Kier molecular flexibility index (Phi) is 7.72. The number of amides is 2. The van der Waals surface area contributed by atoms with Crippen LogP contribution in [0.4, 0.5) is 11.4 Å². The fourth-order valence-corrected chi connectivity index (χ4v) is 5.43.